The molecule has 3 nitrogen and oxygen atoms in total. The molecule has 0 aliphatic carbocycles. The molecule has 2 unspecified atom stereocenters. The van der Waals surface area contributed by atoms with Crippen LogP contribution >= 0.6 is 0 Å². The molecule has 3 heteroatoms. The van der Waals surface area contributed by atoms with Crippen molar-refractivity contribution in [3.63, 3.8) is 0 Å². The van der Waals surface area contributed by atoms with Gasteiger partial charge in [-0.05, 0) is 5.92 Å². The summed E-state index contributed by atoms with van der Waals surface area (Å²) in [5.41, 5.74) is 10.7. The molecule has 0 heterocycles. The second kappa shape index (κ2) is 3.82. The fourth-order valence-corrected chi connectivity index (χ4v) is 0.601. The van der Waals surface area contributed by atoms with Crippen molar-refractivity contribution in [2.75, 3.05) is 6.54 Å². The predicted octanol–water partition coefficient (Wildman–Crippen LogP) is -0.711. The summed E-state index contributed by atoms with van der Waals surface area (Å²) in [5, 5.41) is 9.05. The van der Waals surface area contributed by atoms with Gasteiger partial charge in [-0.25, -0.2) is 0 Å². The highest BCUT2D eigenvalue weighted by atomic mass is 16.3. The van der Waals surface area contributed by atoms with Crippen LogP contribution in [0.1, 0.15) is 13.8 Å². The van der Waals surface area contributed by atoms with Gasteiger partial charge in [0.25, 0.3) is 0 Å². The molecule has 0 aromatic carbocycles. The molecule has 0 saturated heterocycles. The van der Waals surface area contributed by atoms with Gasteiger partial charge in [-0.1, -0.05) is 13.8 Å². The van der Waals surface area contributed by atoms with E-state index in [-0.39, 0.29) is 12.6 Å². The van der Waals surface area contributed by atoms with Gasteiger partial charge in [-0.15, -0.1) is 0 Å². The molecule has 0 bridgehead atoms. The fourth-order valence-electron chi connectivity index (χ4n) is 0.601. The summed E-state index contributed by atoms with van der Waals surface area (Å²) in [6, 6.07) is -0.185. The maximum Gasteiger partial charge on any atom is 0.0815 e. The third kappa shape index (κ3) is 2.79. The Morgan fingerprint density at radius 2 is 1.89 bits per heavy atom. The van der Waals surface area contributed by atoms with Gasteiger partial charge >= 0.3 is 0 Å². The molecule has 2 atom stereocenters. The summed E-state index contributed by atoms with van der Waals surface area (Å²) < 4.78 is 0. The first-order chi connectivity index (χ1) is 4.09. The van der Waals surface area contributed by atoms with Gasteiger partial charge in [-0.3, -0.25) is 0 Å². The fraction of sp³-hybridized carbons (Fsp3) is 1.00. The van der Waals surface area contributed by atoms with Gasteiger partial charge in [0.2, 0.25) is 0 Å². The molecule has 0 amide bonds. The Kier molecular flexibility index (Phi) is 3.77. The third-order valence-corrected chi connectivity index (χ3v) is 1.46. The van der Waals surface area contributed by atoms with Crippen molar-refractivity contribution in [2.24, 2.45) is 17.4 Å². The van der Waals surface area contributed by atoms with E-state index in [9.17, 15) is 0 Å². The van der Waals surface area contributed by atoms with Crippen LogP contribution in [0.15, 0.2) is 0 Å². The normalized spacial score (nSPS) is 18.0. The smallest absolute Gasteiger partial charge is 0.0815 e. The molecule has 0 rings (SSSR count). The van der Waals surface area contributed by atoms with Crippen molar-refractivity contribution in [1.82, 2.24) is 0 Å². The zero-order valence-electron chi connectivity index (χ0n) is 6.04. The minimum atomic E-state index is -0.551. The molecule has 0 aliphatic rings. The maximum absolute atomic E-state index is 9.05. The molecule has 0 radical (unpaired) electrons. The Morgan fingerprint density at radius 1 is 1.44 bits per heavy atom. The summed E-state index contributed by atoms with van der Waals surface area (Å²) in [5.74, 6) is 0.295. The lowest BCUT2D eigenvalue weighted by atomic mass is 10.00. The first kappa shape index (κ1) is 8.88. The van der Waals surface area contributed by atoms with Crippen molar-refractivity contribution >= 4 is 0 Å². The van der Waals surface area contributed by atoms with Crippen LogP contribution in [0.3, 0.4) is 0 Å². The number of aliphatic hydroxyl groups is 1. The monoisotopic (exact) mass is 132 g/mol. The van der Waals surface area contributed by atoms with E-state index in [4.69, 9.17) is 16.6 Å². The standard InChI is InChI=1S/C6H16N2O/c1-4(2)6(8)5(9)3-7/h4-6,9H,3,7-8H2,1-2H3. The van der Waals surface area contributed by atoms with Gasteiger partial charge in [-0.2, -0.15) is 0 Å². The van der Waals surface area contributed by atoms with E-state index in [2.05, 4.69) is 0 Å². The summed E-state index contributed by atoms with van der Waals surface area (Å²) in [6.45, 7) is 4.17. The van der Waals surface area contributed by atoms with Crippen molar-refractivity contribution in [3.8, 4) is 0 Å². The van der Waals surface area contributed by atoms with Crippen molar-refractivity contribution < 1.29 is 5.11 Å². The zero-order chi connectivity index (χ0) is 7.44. The number of aliphatic hydroxyl groups excluding tert-OH is 1. The lowest BCUT2D eigenvalue weighted by Crippen LogP contribution is -2.43. The minimum absolute atomic E-state index is 0.185. The number of nitrogens with two attached hydrogens (primary N) is 2. The summed E-state index contributed by atoms with van der Waals surface area (Å²) in [7, 11) is 0. The Bertz CT molecular complexity index is 75.5. The third-order valence-electron chi connectivity index (χ3n) is 1.46. The lowest BCUT2D eigenvalue weighted by Gasteiger charge is -2.20. The van der Waals surface area contributed by atoms with Crippen LogP contribution < -0.4 is 11.5 Å². The topological polar surface area (TPSA) is 72.3 Å². The van der Waals surface area contributed by atoms with Gasteiger partial charge < -0.3 is 16.6 Å². The summed E-state index contributed by atoms with van der Waals surface area (Å²) >= 11 is 0. The average Bonchev–Trinajstić information content (AvgIpc) is 1.84. The largest absolute Gasteiger partial charge is 0.390 e. The highest BCUT2D eigenvalue weighted by molar-refractivity contribution is 4.74. The van der Waals surface area contributed by atoms with E-state index >= 15 is 0 Å². The molecule has 0 aliphatic heterocycles. The average molecular weight is 132 g/mol. The summed E-state index contributed by atoms with van der Waals surface area (Å²) in [6.07, 6.45) is -0.551. The van der Waals surface area contributed by atoms with Gasteiger partial charge in [0, 0.05) is 12.6 Å². The first-order valence-electron chi connectivity index (χ1n) is 3.23. The zero-order valence-corrected chi connectivity index (χ0v) is 6.04. The van der Waals surface area contributed by atoms with E-state index in [1.165, 1.54) is 0 Å². The van der Waals surface area contributed by atoms with Crippen LogP contribution in [0.5, 0.6) is 0 Å². The van der Waals surface area contributed by atoms with Crippen molar-refractivity contribution in [2.45, 2.75) is 26.0 Å². The van der Waals surface area contributed by atoms with Crippen molar-refractivity contribution in [1.29, 1.82) is 0 Å². The highest BCUT2D eigenvalue weighted by Gasteiger charge is 2.15. The molecule has 9 heavy (non-hydrogen) atoms. The molecular weight excluding hydrogens is 116 g/mol. The maximum atomic E-state index is 9.05. The highest BCUT2D eigenvalue weighted by Crippen LogP contribution is 2.01. The second-order valence-electron chi connectivity index (χ2n) is 2.62. The number of hydrogen-bond donors (Lipinski definition) is 3. The molecule has 0 aromatic rings. The van der Waals surface area contributed by atoms with Crippen molar-refractivity contribution in [3.05, 3.63) is 0 Å². The Hall–Kier alpha value is -0.120. The molecule has 0 saturated carbocycles. The second-order valence-corrected chi connectivity index (χ2v) is 2.62. The summed E-state index contributed by atoms with van der Waals surface area (Å²) in [4.78, 5) is 0. The molecule has 0 fully saturated rings. The molecule has 56 valence electrons. The molecular formula is C6H16N2O. The van der Waals surface area contributed by atoms with Crippen LogP contribution in [-0.4, -0.2) is 23.8 Å². The van der Waals surface area contributed by atoms with E-state index in [0.717, 1.165) is 0 Å². The molecule has 0 spiro atoms. The SMILES string of the molecule is CC(C)C(N)C(O)CN. The Labute approximate surface area is 56.0 Å². The number of rotatable bonds is 3. The van der Waals surface area contributed by atoms with Gasteiger partial charge in [0.05, 0.1) is 6.10 Å². The van der Waals surface area contributed by atoms with Crippen LogP contribution in [0.25, 0.3) is 0 Å². The van der Waals surface area contributed by atoms with Gasteiger partial charge in [0.15, 0.2) is 0 Å². The number of hydrogen-bond acceptors (Lipinski definition) is 3. The van der Waals surface area contributed by atoms with E-state index in [1.807, 2.05) is 13.8 Å². The Morgan fingerprint density at radius 3 is 2.00 bits per heavy atom. The van der Waals surface area contributed by atoms with E-state index in [1.54, 1.807) is 0 Å². The molecule has 0 aromatic heterocycles. The van der Waals surface area contributed by atoms with Crippen LogP contribution in [0.4, 0.5) is 0 Å². The van der Waals surface area contributed by atoms with E-state index < -0.39 is 6.10 Å². The predicted molar refractivity (Wildman–Crippen MR) is 37.9 cm³/mol. The van der Waals surface area contributed by atoms with E-state index in [0.29, 0.717) is 5.92 Å². The quantitative estimate of drug-likeness (QED) is 0.475. The lowest BCUT2D eigenvalue weighted by molar-refractivity contribution is 0.132. The van der Waals surface area contributed by atoms with Crippen LogP contribution in [-0.2, 0) is 0 Å². The van der Waals surface area contributed by atoms with Crippen LogP contribution in [0.2, 0.25) is 0 Å². The molecule has 5 N–H and O–H groups in total. The van der Waals surface area contributed by atoms with Gasteiger partial charge in [0.1, 0.15) is 0 Å². The first-order valence-corrected chi connectivity index (χ1v) is 3.23. The van der Waals surface area contributed by atoms with Crippen LogP contribution in [0, 0.1) is 5.92 Å². The Balaban J connectivity index is 3.58. The minimum Gasteiger partial charge on any atom is -0.390 e.